The molecule has 0 amide bonds. The van der Waals surface area contributed by atoms with E-state index in [1.165, 1.54) is 0 Å². The monoisotopic (exact) mass is 463 g/mol. The van der Waals surface area contributed by atoms with E-state index in [0.717, 1.165) is 71.7 Å². The molecule has 33 heavy (non-hydrogen) atoms. The van der Waals surface area contributed by atoms with Crippen molar-refractivity contribution in [2.75, 3.05) is 18.1 Å². The first-order chi connectivity index (χ1) is 15.9. The van der Waals surface area contributed by atoms with Gasteiger partial charge < -0.3 is 14.5 Å². The van der Waals surface area contributed by atoms with E-state index in [1.54, 1.807) is 6.07 Å². The Labute approximate surface area is 200 Å². The molecule has 0 saturated heterocycles. The number of benzene rings is 2. The Balaban J connectivity index is 1.75. The van der Waals surface area contributed by atoms with Gasteiger partial charge in [0.15, 0.2) is 0 Å². The second-order valence-corrected chi connectivity index (χ2v) is 9.56. The quantitative estimate of drug-likeness (QED) is 0.438. The first-order valence-corrected chi connectivity index (χ1v) is 11.9. The zero-order chi connectivity index (χ0) is 23.5. The molecule has 0 bridgehead atoms. The Hall–Kier alpha value is -2.81. The molecule has 0 atom stereocenters. The first-order valence-electron chi connectivity index (χ1n) is 11.5. The number of aliphatic hydroxyl groups excluding tert-OH is 1. The number of halogens is 1. The molecule has 0 unspecified atom stereocenters. The van der Waals surface area contributed by atoms with Crippen molar-refractivity contribution < 1.29 is 9.63 Å². The molecule has 1 N–H and O–H groups in total. The van der Waals surface area contributed by atoms with Crippen LogP contribution in [-0.2, 0) is 0 Å². The lowest BCUT2D eigenvalue weighted by molar-refractivity contribution is 0.169. The number of nitrogens with zero attached hydrogens (tertiary/aromatic N) is 3. The molecule has 1 aliphatic rings. The molecular formula is C27H30ClN3O2. The summed E-state index contributed by atoms with van der Waals surface area (Å²) in [5, 5.41) is 23.5. The number of aliphatic hydroxyl groups is 1. The Morgan fingerprint density at radius 2 is 1.82 bits per heavy atom. The highest BCUT2D eigenvalue weighted by molar-refractivity contribution is 6.32. The molecule has 1 aliphatic carbocycles. The van der Waals surface area contributed by atoms with Crippen LogP contribution in [0.25, 0.3) is 11.1 Å². The summed E-state index contributed by atoms with van der Waals surface area (Å²) in [4.78, 5) is 2.33. The predicted octanol–water partition coefficient (Wildman–Crippen LogP) is 6.73. The minimum atomic E-state index is 0.278. The summed E-state index contributed by atoms with van der Waals surface area (Å²) in [7, 11) is 0. The molecule has 0 aliphatic heterocycles. The van der Waals surface area contributed by atoms with Crippen LogP contribution >= 0.6 is 11.6 Å². The Morgan fingerprint density at radius 1 is 1.09 bits per heavy atom. The van der Waals surface area contributed by atoms with E-state index in [4.69, 9.17) is 16.1 Å². The van der Waals surface area contributed by atoms with E-state index in [9.17, 15) is 10.4 Å². The molecule has 1 heterocycles. The van der Waals surface area contributed by atoms with Gasteiger partial charge in [-0.15, -0.1) is 0 Å². The summed E-state index contributed by atoms with van der Waals surface area (Å²) in [5.41, 5.74) is 6.69. The Morgan fingerprint density at radius 3 is 2.42 bits per heavy atom. The first kappa shape index (κ1) is 23.4. The summed E-state index contributed by atoms with van der Waals surface area (Å²) in [6.45, 7) is 7.15. The van der Waals surface area contributed by atoms with Gasteiger partial charge in [-0.05, 0) is 93.7 Å². The summed E-state index contributed by atoms with van der Waals surface area (Å²) in [6, 6.07) is 14.3. The van der Waals surface area contributed by atoms with E-state index < -0.39 is 0 Å². The molecule has 0 spiro atoms. The average Bonchev–Trinajstić information content (AvgIpc) is 3.16. The smallest absolute Gasteiger partial charge is 0.141 e. The summed E-state index contributed by atoms with van der Waals surface area (Å²) < 4.78 is 5.42. The van der Waals surface area contributed by atoms with Crippen molar-refractivity contribution in [3.8, 4) is 17.2 Å². The highest BCUT2D eigenvalue weighted by Crippen LogP contribution is 2.38. The highest BCUT2D eigenvalue weighted by Gasteiger charge is 2.25. The Kier molecular flexibility index (Phi) is 7.07. The van der Waals surface area contributed by atoms with E-state index in [0.29, 0.717) is 22.4 Å². The summed E-state index contributed by atoms with van der Waals surface area (Å²) >= 11 is 6.44. The van der Waals surface area contributed by atoms with Crippen molar-refractivity contribution in [1.82, 2.24) is 5.16 Å². The molecule has 1 saturated carbocycles. The van der Waals surface area contributed by atoms with Crippen LogP contribution in [0.4, 0.5) is 11.4 Å². The van der Waals surface area contributed by atoms with Crippen molar-refractivity contribution in [2.45, 2.75) is 46.5 Å². The van der Waals surface area contributed by atoms with Crippen molar-refractivity contribution in [2.24, 2.45) is 11.8 Å². The van der Waals surface area contributed by atoms with E-state index >= 15 is 0 Å². The Bertz CT molecular complexity index is 1150. The minimum Gasteiger partial charge on any atom is -0.396 e. The molecule has 4 rings (SSSR count). The largest absolute Gasteiger partial charge is 0.396 e. The van der Waals surface area contributed by atoms with Crippen LogP contribution in [-0.4, -0.2) is 23.4 Å². The fourth-order valence-electron chi connectivity index (χ4n) is 4.91. The van der Waals surface area contributed by atoms with Crippen LogP contribution in [0.1, 0.15) is 48.3 Å². The van der Waals surface area contributed by atoms with Gasteiger partial charge in [-0.25, -0.2) is 0 Å². The normalized spacial score (nSPS) is 18.2. The lowest BCUT2D eigenvalue weighted by atomic mass is 9.82. The SMILES string of the molecule is Cc1ccc(-c2c(C)noc2C)cc1N(C[C@H]1CC[C@H](CO)CC1)c1ccc(C#N)c(Cl)c1. The number of nitriles is 1. The maximum atomic E-state index is 9.53. The zero-order valence-electron chi connectivity index (χ0n) is 19.4. The lowest BCUT2D eigenvalue weighted by Crippen LogP contribution is -2.29. The molecule has 1 aromatic heterocycles. The van der Waals surface area contributed by atoms with Crippen molar-refractivity contribution in [1.29, 1.82) is 5.26 Å². The van der Waals surface area contributed by atoms with Crippen LogP contribution < -0.4 is 4.90 Å². The maximum Gasteiger partial charge on any atom is 0.141 e. The van der Waals surface area contributed by atoms with Crippen LogP contribution in [0.5, 0.6) is 0 Å². The molecule has 3 aromatic rings. The third kappa shape index (κ3) is 4.93. The van der Waals surface area contributed by atoms with Gasteiger partial charge in [-0.1, -0.05) is 28.9 Å². The summed E-state index contributed by atoms with van der Waals surface area (Å²) in [5.74, 6) is 1.74. The van der Waals surface area contributed by atoms with Crippen molar-refractivity contribution >= 4 is 23.0 Å². The third-order valence-corrected chi connectivity index (χ3v) is 7.18. The molecular weight excluding hydrogens is 434 g/mol. The van der Waals surface area contributed by atoms with Gasteiger partial charge in [-0.2, -0.15) is 5.26 Å². The average molecular weight is 464 g/mol. The van der Waals surface area contributed by atoms with Gasteiger partial charge in [0.2, 0.25) is 0 Å². The van der Waals surface area contributed by atoms with Crippen LogP contribution in [0, 0.1) is 43.9 Å². The molecule has 2 aromatic carbocycles. The number of hydrogen-bond acceptors (Lipinski definition) is 5. The second-order valence-electron chi connectivity index (χ2n) is 9.16. The maximum absolute atomic E-state index is 9.53. The van der Waals surface area contributed by atoms with E-state index in [-0.39, 0.29) is 6.61 Å². The number of hydrogen-bond donors (Lipinski definition) is 1. The fourth-order valence-corrected chi connectivity index (χ4v) is 5.13. The third-order valence-electron chi connectivity index (χ3n) is 6.87. The van der Waals surface area contributed by atoms with Gasteiger partial charge in [0.1, 0.15) is 11.8 Å². The van der Waals surface area contributed by atoms with Crippen molar-refractivity contribution in [3.63, 3.8) is 0 Å². The minimum absolute atomic E-state index is 0.278. The van der Waals surface area contributed by atoms with Gasteiger partial charge in [0, 0.05) is 30.1 Å². The summed E-state index contributed by atoms with van der Waals surface area (Å²) in [6.07, 6.45) is 4.30. The molecule has 172 valence electrons. The number of aromatic nitrogens is 1. The number of anilines is 2. The number of aryl methyl sites for hydroxylation is 3. The van der Waals surface area contributed by atoms with Crippen LogP contribution in [0.15, 0.2) is 40.9 Å². The van der Waals surface area contributed by atoms with Crippen LogP contribution in [0.3, 0.4) is 0 Å². The topological polar surface area (TPSA) is 73.3 Å². The van der Waals surface area contributed by atoms with Crippen molar-refractivity contribution in [3.05, 3.63) is 64.0 Å². The second kappa shape index (κ2) is 9.99. The zero-order valence-corrected chi connectivity index (χ0v) is 20.2. The standard InChI is InChI=1S/C27H30ClN3O2/c1-17-4-9-22(27-18(2)30-33-19(27)3)12-26(17)31(15-20-5-7-21(16-32)8-6-20)24-11-10-23(14-29)25(28)13-24/h4,9-13,20-21,32H,5-8,15-16H2,1-3H3/t20-,21-. The molecule has 0 radical (unpaired) electrons. The highest BCUT2D eigenvalue weighted by atomic mass is 35.5. The molecule has 1 fully saturated rings. The van der Waals surface area contributed by atoms with Gasteiger partial charge in [-0.3, -0.25) is 0 Å². The molecule has 5 nitrogen and oxygen atoms in total. The van der Waals surface area contributed by atoms with Gasteiger partial charge >= 0.3 is 0 Å². The molecule has 6 heteroatoms. The van der Waals surface area contributed by atoms with E-state index in [1.807, 2.05) is 26.0 Å². The van der Waals surface area contributed by atoms with Gasteiger partial charge in [0.25, 0.3) is 0 Å². The van der Waals surface area contributed by atoms with Crippen LogP contribution in [0.2, 0.25) is 5.02 Å². The number of rotatable bonds is 6. The fraction of sp³-hybridized carbons (Fsp3) is 0.407. The predicted molar refractivity (Wildman–Crippen MR) is 132 cm³/mol. The lowest BCUT2D eigenvalue weighted by Gasteiger charge is -2.34. The van der Waals surface area contributed by atoms with Gasteiger partial charge in [0.05, 0.1) is 16.3 Å². The van der Waals surface area contributed by atoms with E-state index in [2.05, 4.69) is 41.2 Å².